The normalized spacial score (nSPS) is 17.1. The van der Waals surface area contributed by atoms with Crippen molar-refractivity contribution in [2.75, 3.05) is 17.2 Å². The van der Waals surface area contributed by atoms with Crippen LogP contribution in [-0.2, 0) is 50.6 Å². The Morgan fingerprint density at radius 2 is 1.72 bits per heavy atom. The van der Waals surface area contributed by atoms with Crippen molar-refractivity contribution in [1.29, 1.82) is 0 Å². The van der Waals surface area contributed by atoms with Crippen molar-refractivity contribution in [3.05, 3.63) is 122 Å². The van der Waals surface area contributed by atoms with E-state index in [2.05, 4.69) is 25.2 Å². The van der Waals surface area contributed by atoms with Crippen LogP contribution in [0.25, 0.3) is 38.8 Å². The van der Waals surface area contributed by atoms with Gasteiger partial charge in [0.1, 0.15) is 35.4 Å². The number of pyridine rings is 1. The fourth-order valence-corrected chi connectivity index (χ4v) is 10.2. The molecule has 0 bridgehead atoms. The van der Waals surface area contributed by atoms with Crippen molar-refractivity contribution in [2.24, 2.45) is 13.0 Å². The molecule has 0 unspecified atom stereocenters. The molecule has 65 heavy (non-hydrogen) atoms. The van der Waals surface area contributed by atoms with Gasteiger partial charge >= 0.3 is 0 Å². The number of nitrogens with one attached hydrogen (secondary N) is 2. The lowest BCUT2D eigenvalue weighted by atomic mass is 10.0. The number of alkyl halides is 4. The quantitative estimate of drug-likeness (QED) is 0.128. The molecule has 0 spiro atoms. The first-order chi connectivity index (χ1) is 30.5. The maximum atomic E-state index is 15.6. The SMILES string of the molecule is Cn1nc(NS(C)(=O)=O)c2c(Cl)ccc(-n3c([C@H](Cc4cc(F)cc(F)c4)NC(=O)Cn4nc(C(F)F)c5c4C(F)(F)[C@@H]4C[C@H]54)nc4cc(-c5ncccc5S(C)(=O)=O)ccc4c3=O)c21. The molecular formula is C41H32ClF6N9O6S2. The van der Waals surface area contributed by atoms with Gasteiger partial charge < -0.3 is 5.32 Å². The van der Waals surface area contributed by atoms with Crippen LogP contribution in [0, 0.1) is 17.6 Å². The topological polar surface area (TPSA) is 193 Å². The number of carbonyl (C=O) groups excluding carboxylic acids is 1. The Labute approximate surface area is 369 Å². The molecule has 2 aliphatic carbocycles. The van der Waals surface area contributed by atoms with Gasteiger partial charge in [-0.15, -0.1) is 0 Å². The van der Waals surface area contributed by atoms with E-state index in [9.17, 15) is 39.2 Å². The van der Waals surface area contributed by atoms with Gasteiger partial charge in [0.2, 0.25) is 15.9 Å². The molecule has 2 aliphatic rings. The molecule has 0 saturated heterocycles. The van der Waals surface area contributed by atoms with Crippen LogP contribution in [-0.4, -0.2) is 69.4 Å². The number of aryl methyl sites for hydroxylation is 1. The van der Waals surface area contributed by atoms with Crippen LogP contribution < -0.4 is 15.6 Å². The van der Waals surface area contributed by atoms with Crippen molar-refractivity contribution >= 4 is 65.0 Å². The fraction of sp³-hybridized carbons (Fsp3) is 0.268. The highest BCUT2D eigenvalue weighted by Gasteiger charge is 2.67. The number of amides is 1. The van der Waals surface area contributed by atoms with Crippen LogP contribution in [0.4, 0.5) is 32.2 Å². The molecule has 3 aromatic carbocycles. The van der Waals surface area contributed by atoms with Crippen molar-refractivity contribution in [3.8, 4) is 16.9 Å². The summed E-state index contributed by atoms with van der Waals surface area (Å²) in [5, 5.41) is 10.5. The van der Waals surface area contributed by atoms with E-state index >= 15 is 13.6 Å². The number of benzene rings is 3. The first kappa shape index (κ1) is 43.9. The van der Waals surface area contributed by atoms with Crippen LogP contribution in [0.3, 0.4) is 0 Å². The van der Waals surface area contributed by atoms with E-state index < -0.39 is 97.5 Å². The minimum absolute atomic E-state index is 0.00548. The number of hydrogen-bond donors (Lipinski definition) is 2. The van der Waals surface area contributed by atoms with Gasteiger partial charge in [-0.05, 0) is 66.4 Å². The second-order valence-electron chi connectivity index (χ2n) is 15.9. The maximum Gasteiger partial charge on any atom is 0.293 e. The lowest BCUT2D eigenvalue weighted by molar-refractivity contribution is -0.123. The number of fused-ring (bicyclic) bond motifs is 5. The third kappa shape index (κ3) is 7.77. The number of rotatable bonds is 12. The summed E-state index contributed by atoms with van der Waals surface area (Å²) in [6.45, 7) is -1.04. The minimum atomic E-state index is -3.96. The van der Waals surface area contributed by atoms with Crippen molar-refractivity contribution in [3.63, 3.8) is 0 Å². The summed E-state index contributed by atoms with van der Waals surface area (Å²) in [5.74, 6) is -9.46. The lowest BCUT2D eigenvalue weighted by Gasteiger charge is -2.24. The number of halogens is 7. The molecule has 2 N–H and O–H groups in total. The summed E-state index contributed by atoms with van der Waals surface area (Å²) in [6.07, 6.45) is -0.622. The molecule has 1 saturated carbocycles. The highest BCUT2D eigenvalue weighted by atomic mass is 35.5. The fourth-order valence-electron chi connectivity index (χ4n) is 8.63. The van der Waals surface area contributed by atoms with Gasteiger partial charge in [-0.25, -0.2) is 39.4 Å². The second kappa shape index (κ2) is 15.4. The monoisotopic (exact) mass is 959 g/mol. The zero-order chi connectivity index (χ0) is 46.7. The summed E-state index contributed by atoms with van der Waals surface area (Å²) < 4.78 is 144. The predicted molar refractivity (Wildman–Crippen MR) is 224 cm³/mol. The van der Waals surface area contributed by atoms with E-state index in [0.29, 0.717) is 10.7 Å². The molecule has 0 aliphatic heterocycles. The zero-order valence-electron chi connectivity index (χ0n) is 33.8. The molecule has 1 fully saturated rings. The predicted octanol–water partition coefficient (Wildman–Crippen LogP) is 6.48. The number of sulfone groups is 1. The number of sulfonamides is 1. The van der Waals surface area contributed by atoms with Crippen LogP contribution in [0.15, 0.2) is 76.6 Å². The summed E-state index contributed by atoms with van der Waals surface area (Å²) >= 11 is 6.62. The first-order valence-electron chi connectivity index (χ1n) is 19.4. The highest BCUT2D eigenvalue weighted by molar-refractivity contribution is 7.92. The van der Waals surface area contributed by atoms with Crippen molar-refractivity contribution in [1.82, 2.24) is 39.4 Å². The summed E-state index contributed by atoms with van der Waals surface area (Å²) in [5.41, 5.74) is -2.92. The Kier molecular flexibility index (Phi) is 10.4. The smallest absolute Gasteiger partial charge is 0.293 e. The largest absolute Gasteiger partial charge is 0.344 e. The van der Waals surface area contributed by atoms with E-state index in [-0.39, 0.29) is 77.9 Å². The van der Waals surface area contributed by atoms with Crippen LogP contribution >= 0.6 is 11.6 Å². The van der Waals surface area contributed by atoms with E-state index in [1.165, 1.54) is 60.4 Å². The molecule has 3 atom stereocenters. The third-order valence-electron chi connectivity index (χ3n) is 11.2. The molecule has 24 heteroatoms. The molecule has 338 valence electrons. The Bertz CT molecular complexity index is 3450. The Morgan fingerprint density at radius 1 is 1.00 bits per heavy atom. The van der Waals surface area contributed by atoms with Crippen LogP contribution in [0.2, 0.25) is 5.02 Å². The molecule has 4 aromatic heterocycles. The summed E-state index contributed by atoms with van der Waals surface area (Å²) in [6, 6.07) is 10.4. The lowest BCUT2D eigenvalue weighted by Crippen LogP contribution is -2.38. The van der Waals surface area contributed by atoms with Gasteiger partial charge in [0.05, 0.1) is 55.4 Å². The molecule has 4 heterocycles. The Hall–Kier alpha value is -6.33. The van der Waals surface area contributed by atoms with Gasteiger partial charge in [-0.3, -0.25) is 33.2 Å². The summed E-state index contributed by atoms with van der Waals surface area (Å²) in [7, 11) is -6.40. The maximum absolute atomic E-state index is 15.6. The van der Waals surface area contributed by atoms with Crippen LogP contribution in [0.5, 0.6) is 0 Å². The van der Waals surface area contributed by atoms with Gasteiger partial charge in [-0.1, -0.05) is 17.7 Å². The minimum Gasteiger partial charge on any atom is -0.344 e. The number of hydrogen-bond acceptors (Lipinski definition) is 10. The highest BCUT2D eigenvalue weighted by Crippen LogP contribution is 2.68. The number of anilines is 1. The molecule has 15 nitrogen and oxygen atoms in total. The number of nitrogens with zero attached hydrogens (tertiary/aromatic N) is 7. The standard InChI is InChI=1S/C41H32ClF6N9O6S2/c1-55-35-28(9-8-25(42)32(35)38(53-55)54-65(3,62)63)57-39(51-26-14-19(6-7-22(26)40(57)59)33-29(64(2,60)61)5-4-10-49-33)27(13-18-11-20(43)15-21(44)12-18)50-30(58)17-56-36-31(34(52-56)37(45)46)23-16-24(23)41(36,47)48/h4-12,14-15,23-24,27,37H,13,16-17H2,1-3H3,(H,50,58)(H,53,54)/t23-,24+,27-/m0/s1. The average molecular weight is 960 g/mol. The number of carbonyl (C=O) groups is 1. The van der Waals surface area contributed by atoms with Crippen LogP contribution in [0.1, 0.15) is 53.1 Å². The Morgan fingerprint density at radius 3 is 2.40 bits per heavy atom. The Balaban J connectivity index is 1.28. The molecule has 1 amide bonds. The molecular weight excluding hydrogens is 928 g/mol. The molecule has 0 radical (unpaired) electrons. The third-order valence-corrected chi connectivity index (χ3v) is 13.3. The van der Waals surface area contributed by atoms with E-state index in [0.717, 1.165) is 29.2 Å². The first-order valence-corrected chi connectivity index (χ1v) is 23.5. The van der Waals surface area contributed by atoms with Gasteiger partial charge in [-0.2, -0.15) is 19.0 Å². The van der Waals surface area contributed by atoms with Gasteiger partial charge in [0.15, 0.2) is 15.7 Å². The van der Waals surface area contributed by atoms with Gasteiger partial charge in [0, 0.05) is 49.0 Å². The van der Waals surface area contributed by atoms with E-state index in [4.69, 9.17) is 16.6 Å². The average Bonchev–Trinajstić information content (AvgIpc) is 3.75. The summed E-state index contributed by atoms with van der Waals surface area (Å²) in [4.78, 5) is 38.2. The zero-order valence-corrected chi connectivity index (χ0v) is 36.2. The second-order valence-corrected chi connectivity index (χ2v) is 20.0. The van der Waals surface area contributed by atoms with E-state index in [1.807, 2.05) is 0 Å². The molecule has 9 rings (SSSR count). The van der Waals surface area contributed by atoms with E-state index in [1.54, 1.807) is 0 Å². The van der Waals surface area contributed by atoms with Crippen molar-refractivity contribution < 1.29 is 48.0 Å². The van der Waals surface area contributed by atoms with Gasteiger partial charge in [0.25, 0.3) is 17.9 Å². The van der Waals surface area contributed by atoms with Crippen molar-refractivity contribution in [2.45, 2.75) is 48.6 Å². The molecule has 7 aromatic rings. The number of aromatic nitrogens is 7.